The summed E-state index contributed by atoms with van der Waals surface area (Å²) in [6.07, 6.45) is 0.289. The lowest BCUT2D eigenvalue weighted by Gasteiger charge is -2.18. The predicted molar refractivity (Wildman–Crippen MR) is 99.3 cm³/mol. The van der Waals surface area contributed by atoms with Crippen molar-refractivity contribution in [3.8, 4) is 11.1 Å². The van der Waals surface area contributed by atoms with Gasteiger partial charge in [0.1, 0.15) is 18.9 Å². The zero-order valence-electron chi connectivity index (χ0n) is 15.0. The molecule has 0 heterocycles. The van der Waals surface area contributed by atoms with Crippen molar-refractivity contribution in [2.75, 3.05) is 13.7 Å². The predicted octanol–water partition coefficient (Wildman–Crippen LogP) is 3.05. The number of alkyl carbamates (subject to hydrolysis) is 1. The van der Waals surface area contributed by atoms with E-state index in [1.54, 1.807) is 0 Å². The third kappa shape index (κ3) is 4.00. The number of esters is 1. The van der Waals surface area contributed by atoms with Gasteiger partial charge in [-0.3, -0.25) is 0 Å². The standard InChI is InChI=1S/C21H21NO5/c1-26-20(24)19(11-6-12-23)22-21(25)27-13-18-16-9-4-2-7-14(16)15-8-3-5-10-17(15)18/h2-5,7-10,12,18-19H,6,11,13H2,1H3,(H,22,25)/t19-/m0/s1. The number of rotatable bonds is 7. The van der Waals surface area contributed by atoms with Crippen molar-refractivity contribution in [1.82, 2.24) is 5.32 Å². The van der Waals surface area contributed by atoms with E-state index in [0.717, 1.165) is 22.3 Å². The summed E-state index contributed by atoms with van der Waals surface area (Å²) in [7, 11) is 1.23. The minimum Gasteiger partial charge on any atom is -0.467 e. The first-order chi connectivity index (χ1) is 13.2. The van der Waals surface area contributed by atoms with Gasteiger partial charge in [0.05, 0.1) is 7.11 Å². The summed E-state index contributed by atoms with van der Waals surface area (Å²) in [6, 6.07) is 15.2. The Bertz CT molecular complexity index is 802. The highest BCUT2D eigenvalue weighted by Gasteiger charge is 2.29. The van der Waals surface area contributed by atoms with Crippen LogP contribution in [-0.2, 0) is 19.1 Å². The lowest BCUT2D eigenvalue weighted by molar-refractivity contribution is -0.143. The van der Waals surface area contributed by atoms with Gasteiger partial charge in [-0.15, -0.1) is 0 Å². The second kappa shape index (κ2) is 8.49. The molecule has 6 heteroatoms. The molecule has 0 unspecified atom stereocenters. The summed E-state index contributed by atoms with van der Waals surface area (Å²) in [4.78, 5) is 34.5. The van der Waals surface area contributed by atoms with E-state index in [4.69, 9.17) is 4.74 Å². The first-order valence-electron chi connectivity index (χ1n) is 8.78. The zero-order valence-corrected chi connectivity index (χ0v) is 15.0. The lowest BCUT2D eigenvalue weighted by Crippen LogP contribution is -2.42. The molecule has 1 amide bonds. The molecule has 3 rings (SSSR count). The van der Waals surface area contributed by atoms with E-state index in [2.05, 4.69) is 22.2 Å². The number of hydrogen-bond donors (Lipinski definition) is 1. The minimum atomic E-state index is -0.907. The number of fused-ring (bicyclic) bond motifs is 3. The van der Waals surface area contributed by atoms with Gasteiger partial charge in [-0.1, -0.05) is 48.5 Å². The normalized spacial score (nSPS) is 13.2. The van der Waals surface area contributed by atoms with Crippen LogP contribution in [0.15, 0.2) is 48.5 Å². The van der Waals surface area contributed by atoms with Crippen LogP contribution in [0.25, 0.3) is 11.1 Å². The number of aldehydes is 1. The van der Waals surface area contributed by atoms with Gasteiger partial charge >= 0.3 is 12.1 Å². The highest BCUT2D eigenvalue weighted by atomic mass is 16.6. The van der Waals surface area contributed by atoms with Crippen molar-refractivity contribution < 1.29 is 23.9 Å². The van der Waals surface area contributed by atoms with Crippen LogP contribution in [0.5, 0.6) is 0 Å². The maximum atomic E-state index is 12.2. The molecular weight excluding hydrogens is 346 g/mol. The van der Waals surface area contributed by atoms with Crippen LogP contribution < -0.4 is 5.32 Å². The van der Waals surface area contributed by atoms with Crippen molar-refractivity contribution in [3.63, 3.8) is 0 Å². The zero-order chi connectivity index (χ0) is 19.2. The van der Waals surface area contributed by atoms with Crippen molar-refractivity contribution in [3.05, 3.63) is 59.7 Å². The molecule has 0 spiro atoms. The molecule has 0 bridgehead atoms. The third-order valence-electron chi connectivity index (χ3n) is 4.69. The van der Waals surface area contributed by atoms with Gasteiger partial charge < -0.3 is 19.6 Å². The van der Waals surface area contributed by atoms with Crippen molar-refractivity contribution in [1.29, 1.82) is 0 Å². The van der Waals surface area contributed by atoms with Gasteiger partial charge in [-0.05, 0) is 28.7 Å². The number of ether oxygens (including phenoxy) is 2. The maximum absolute atomic E-state index is 12.2. The van der Waals surface area contributed by atoms with E-state index in [1.165, 1.54) is 7.11 Å². The molecule has 0 aromatic heterocycles. The van der Waals surface area contributed by atoms with Gasteiger partial charge in [-0.2, -0.15) is 0 Å². The Hall–Kier alpha value is -3.15. The first-order valence-corrected chi connectivity index (χ1v) is 8.78. The Labute approximate surface area is 157 Å². The average molecular weight is 367 g/mol. The van der Waals surface area contributed by atoms with Gasteiger partial charge in [0.25, 0.3) is 0 Å². The number of nitrogens with one attached hydrogen (secondary N) is 1. The van der Waals surface area contributed by atoms with Crippen LogP contribution in [0, 0.1) is 0 Å². The molecule has 0 aliphatic heterocycles. The summed E-state index contributed by atoms with van der Waals surface area (Å²) in [5, 5.41) is 2.48. The molecule has 6 nitrogen and oxygen atoms in total. The van der Waals surface area contributed by atoms with Gasteiger partial charge in [0.15, 0.2) is 0 Å². The van der Waals surface area contributed by atoms with Gasteiger partial charge in [0, 0.05) is 12.3 Å². The van der Waals surface area contributed by atoms with Crippen molar-refractivity contribution >= 4 is 18.3 Å². The monoisotopic (exact) mass is 367 g/mol. The Morgan fingerprint density at radius 2 is 1.67 bits per heavy atom. The molecule has 0 saturated heterocycles. The molecule has 0 fully saturated rings. The first kappa shape index (κ1) is 18.6. The SMILES string of the molecule is COC(=O)[C@H](CCC=O)NC(=O)OCC1c2ccccc2-c2ccccc21. The number of hydrogen-bond acceptors (Lipinski definition) is 5. The van der Waals surface area contributed by atoms with Crippen LogP contribution >= 0.6 is 0 Å². The Morgan fingerprint density at radius 1 is 1.07 bits per heavy atom. The molecule has 2 aromatic carbocycles. The summed E-state index contributed by atoms with van der Waals surface area (Å²) < 4.78 is 10.1. The molecule has 1 atom stereocenters. The van der Waals surface area contributed by atoms with Crippen LogP contribution in [0.2, 0.25) is 0 Å². The largest absolute Gasteiger partial charge is 0.467 e. The fourth-order valence-corrected chi connectivity index (χ4v) is 3.41. The molecule has 2 aromatic rings. The van der Waals surface area contributed by atoms with E-state index in [1.807, 2.05) is 36.4 Å². The topological polar surface area (TPSA) is 81.7 Å². The van der Waals surface area contributed by atoms with E-state index in [0.29, 0.717) is 6.29 Å². The molecule has 1 N–H and O–H groups in total. The average Bonchev–Trinajstić information content (AvgIpc) is 3.03. The Kier molecular flexibility index (Phi) is 5.86. The number of carbonyl (C=O) groups excluding carboxylic acids is 3. The Balaban J connectivity index is 1.68. The van der Waals surface area contributed by atoms with Crippen molar-refractivity contribution in [2.24, 2.45) is 0 Å². The van der Waals surface area contributed by atoms with Crippen molar-refractivity contribution in [2.45, 2.75) is 24.8 Å². The van der Waals surface area contributed by atoms with Crippen LogP contribution in [-0.4, -0.2) is 38.1 Å². The van der Waals surface area contributed by atoms with Crippen LogP contribution in [0.1, 0.15) is 29.9 Å². The second-order valence-corrected chi connectivity index (χ2v) is 6.29. The molecule has 0 saturated carbocycles. The number of benzene rings is 2. The van der Waals surface area contributed by atoms with E-state index in [9.17, 15) is 14.4 Å². The third-order valence-corrected chi connectivity index (χ3v) is 4.69. The highest BCUT2D eigenvalue weighted by molar-refractivity contribution is 5.82. The quantitative estimate of drug-likeness (QED) is 0.601. The van der Waals surface area contributed by atoms with Gasteiger partial charge in [-0.25, -0.2) is 9.59 Å². The lowest BCUT2D eigenvalue weighted by atomic mass is 9.98. The molecule has 1 aliphatic carbocycles. The summed E-state index contributed by atoms with van der Waals surface area (Å²) in [5.74, 6) is -0.667. The molecule has 27 heavy (non-hydrogen) atoms. The number of methoxy groups -OCH3 is 1. The number of carbonyl (C=O) groups is 3. The summed E-state index contributed by atoms with van der Waals surface area (Å²) >= 11 is 0. The van der Waals surface area contributed by atoms with Crippen LogP contribution in [0.4, 0.5) is 4.79 Å². The van der Waals surface area contributed by atoms with Gasteiger partial charge in [0.2, 0.25) is 0 Å². The maximum Gasteiger partial charge on any atom is 0.407 e. The highest BCUT2D eigenvalue weighted by Crippen LogP contribution is 2.44. The Morgan fingerprint density at radius 3 is 2.22 bits per heavy atom. The summed E-state index contributed by atoms with van der Waals surface area (Å²) in [5.41, 5.74) is 4.50. The molecule has 140 valence electrons. The number of amides is 1. The van der Waals surface area contributed by atoms with Crippen LogP contribution in [0.3, 0.4) is 0 Å². The van der Waals surface area contributed by atoms with E-state index < -0.39 is 18.1 Å². The molecule has 0 radical (unpaired) electrons. The van der Waals surface area contributed by atoms with E-state index in [-0.39, 0.29) is 25.4 Å². The minimum absolute atomic E-state index is 0.0605. The smallest absolute Gasteiger partial charge is 0.407 e. The second-order valence-electron chi connectivity index (χ2n) is 6.29. The fraction of sp³-hybridized carbons (Fsp3) is 0.286. The molecular formula is C21H21NO5. The summed E-state index contributed by atoms with van der Waals surface area (Å²) in [6.45, 7) is 0.154. The van der Waals surface area contributed by atoms with E-state index >= 15 is 0 Å². The molecule has 1 aliphatic rings. The fourth-order valence-electron chi connectivity index (χ4n) is 3.41.